The van der Waals surface area contributed by atoms with Gasteiger partial charge < -0.3 is 15.9 Å². The van der Waals surface area contributed by atoms with E-state index in [0.717, 1.165) is 10.3 Å². The van der Waals surface area contributed by atoms with Gasteiger partial charge in [0.2, 0.25) is 0 Å². The highest BCUT2D eigenvalue weighted by Crippen LogP contribution is 2.36. The maximum absolute atomic E-state index is 11.3. The summed E-state index contributed by atoms with van der Waals surface area (Å²) in [5, 5.41) is 20.3. The molecule has 0 saturated carbocycles. The Morgan fingerprint density at radius 2 is 1.94 bits per heavy atom. The van der Waals surface area contributed by atoms with E-state index in [1.54, 1.807) is 18.2 Å². The van der Waals surface area contributed by atoms with Crippen molar-refractivity contribution in [1.29, 1.82) is 0 Å². The largest absolute Gasteiger partial charge is 0.506 e. The van der Waals surface area contributed by atoms with Crippen molar-refractivity contribution in [2.75, 3.05) is 12.4 Å². The summed E-state index contributed by atoms with van der Waals surface area (Å²) < 4.78 is 0. The summed E-state index contributed by atoms with van der Waals surface area (Å²) in [4.78, 5) is 12.1. The molecule has 2 rings (SSSR count). The van der Waals surface area contributed by atoms with E-state index in [2.05, 4.69) is 0 Å². The molecule has 0 aliphatic carbocycles. The molecule has 0 heterocycles. The van der Waals surface area contributed by atoms with Crippen molar-refractivity contribution in [1.82, 2.24) is 0 Å². The third-order valence-corrected chi connectivity index (χ3v) is 3.63. The predicted molar refractivity (Wildman–Crippen MR) is 71.9 cm³/mol. The van der Waals surface area contributed by atoms with Crippen molar-refractivity contribution in [3.8, 4) is 5.75 Å². The molecule has 1 amide bonds. The van der Waals surface area contributed by atoms with Gasteiger partial charge in [0.25, 0.3) is 5.91 Å². The molecule has 0 aliphatic heterocycles. The van der Waals surface area contributed by atoms with Crippen LogP contribution in [0.25, 0.3) is 10.8 Å². The van der Waals surface area contributed by atoms with E-state index in [1.807, 2.05) is 12.1 Å². The fraction of sp³-hybridized carbons (Fsp3) is 0.154. The molecule has 4 N–H and O–H groups in total. The Labute approximate surface area is 108 Å². The maximum atomic E-state index is 11.3. The molecule has 0 unspecified atom stereocenters. The number of nitrogens with two attached hydrogens (primary N) is 1. The summed E-state index contributed by atoms with van der Waals surface area (Å²) in [5.74, 6) is -0.233. The van der Waals surface area contributed by atoms with Gasteiger partial charge >= 0.3 is 0 Å². The zero-order valence-corrected chi connectivity index (χ0v) is 10.4. The number of fused-ring (bicyclic) bond motifs is 1. The van der Waals surface area contributed by atoms with Gasteiger partial charge in [0.1, 0.15) is 5.75 Å². The lowest BCUT2D eigenvalue weighted by molar-refractivity contribution is 0.0998. The molecule has 0 bridgehead atoms. The van der Waals surface area contributed by atoms with Crippen LogP contribution in [0.3, 0.4) is 0 Å². The molecule has 0 radical (unpaired) electrons. The van der Waals surface area contributed by atoms with E-state index in [9.17, 15) is 9.90 Å². The van der Waals surface area contributed by atoms with Crippen LogP contribution < -0.4 is 5.73 Å². The first-order chi connectivity index (χ1) is 8.65. The monoisotopic (exact) mass is 263 g/mol. The van der Waals surface area contributed by atoms with Gasteiger partial charge in [0.05, 0.1) is 12.2 Å². The summed E-state index contributed by atoms with van der Waals surface area (Å²) in [5.41, 5.74) is 5.35. The second-order valence-electron chi connectivity index (χ2n) is 3.75. The Balaban J connectivity index is 2.67. The average Bonchev–Trinajstić information content (AvgIpc) is 2.38. The van der Waals surface area contributed by atoms with Gasteiger partial charge in [-0.05, 0) is 11.5 Å². The summed E-state index contributed by atoms with van der Waals surface area (Å²) in [7, 11) is 0. The number of aromatic hydroxyl groups is 1. The van der Waals surface area contributed by atoms with E-state index in [4.69, 9.17) is 10.8 Å². The zero-order valence-electron chi connectivity index (χ0n) is 9.59. The topological polar surface area (TPSA) is 83.6 Å². The number of carbonyl (C=O) groups excluding carboxylic acids is 1. The van der Waals surface area contributed by atoms with Crippen molar-refractivity contribution in [3.63, 3.8) is 0 Å². The molecule has 94 valence electrons. The SMILES string of the molecule is NC(=O)c1cc(SCCO)c2ccccc2c1O. The van der Waals surface area contributed by atoms with Crippen molar-refractivity contribution in [2.45, 2.75) is 4.90 Å². The number of aliphatic hydroxyl groups is 1. The van der Waals surface area contributed by atoms with E-state index in [0.29, 0.717) is 11.1 Å². The van der Waals surface area contributed by atoms with Gasteiger partial charge in [-0.15, -0.1) is 11.8 Å². The fourth-order valence-corrected chi connectivity index (χ4v) is 2.64. The summed E-state index contributed by atoms with van der Waals surface area (Å²) in [6.45, 7) is 0.0474. The Morgan fingerprint density at radius 3 is 2.56 bits per heavy atom. The number of phenols is 1. The van der Waals surface area contributed by atoms with Crippen LogP contribution in [0, 0.1) is 0 Å². The number of carbonyl (C=O) groups is 1. The van der Waals surface area contributed by atoms with Gasteiger partial charge in [-0.1, -0.05) is 24.3 Å². The van der Waals surface area contributed by atoms with Crippen LogP contribution >= 0.6 is 11.8 Å². The zero-order chi connectivity index (χ0) is 13.1. The Kier molecular flexibility index (Phi) is 3.74. The summed E-state index contributed by atoms with van der Waals surface area (Å²) in [6.07, 6.45) is 0. The highest BCUT2D eigenvalue weighted by atomic mass is 32.2. The van der Waals surface area contributed by atoms with Crippen LogP contribution in [-0.2, 0) is 0 Å². The first kappa shape index (κ1) is 12.7. The molecule has 0 saturated heterocycles. The van der Waals surface area contributed by atoms with Crippen molar-refractivity contribution in [2.24, 2.45) is 5.73 Å². The van der Waals surface area contributed by atoms with E-state index in [-0.39, 0.29) is 17.9 Å². The summed E-state index contributed by atoms with van der Waals surface area (Å²) >= 11 is 1.42. The number of rotatable bonds is 4. The van der Waals surface area contributed by atoms with Crippen LogP contribution in [0.2, 0.25) is 0 Å². The molecule has 0 fully saturated rings. The molecule has 18 heavy (non-hydrogen) atoms. The molecule has 0 spiro atoms. The van der Waals surface area contributed by atoms with E-state index in [1.165, 1.54) is 11.8 Å². The van der Waals surface area contributed by atoms with Crippen LogP contribution in [0.4, 0.5) is 0 Å². The van der Waals surface area contributed by atoms with E-state index >= 15 is 0 Å². The lowest BCUT2D eigenvalue weighted by Crippen LogP contribution is -2.11. The lowest BCUT2D eigenvalue weighted by atomic mass is 10.0. The lowest BCUT2D eigenvalue weighted by Gasteiger charge is -2.10. The Morgan fingerprint density at radius 1 is 1.28 bits per heavy atom. The van der Waals surface area contributed by atoms with E-state index < -0.39 is 5.91 Å². The molecule has 2 aromatic rings. The van der Waals surface area contributed by atoms with Crippen LogP contribution in [0.1, 0.15) is 10.4 Å². The molecule has 2 aromatic carbocycles. The molecule has 4 nitrogen and oxygen atoms in total. The number of benzene rings is 2. The average molecular weight is 263 g/mol. The van der Waals surface area contributed by atoms with Crippen LogP contribution in [-0.4, -0.2) is 28.5 Å². The number of aliphatic hydroxyl groups excluding tert-OH is 1. The number of hydrogen-bond acceptors (Lipinski definition) is 4. The first-order valence-electron chi connectivity index (χ1n) is 5.43. The molecular formula is C13H13NO3S. The highest BCUT2D eigenvalue weighted by Gasteiger charge is 2.14. The number of hydrogen-bond donors (Lipinski definition) is 3. The normalized spacial score (nSPS) is 10.7. The minimum atomic E-state index is -0.663. The third-order valence-electron chi connectivity index (χ3n) is 2.59. The standard InChI is InChI=1S/C13H13NO3S/c14-13(17)10-7-11(18-6-5-15)8-3-1-2-4-9(8)12(10)16/h1-4,7,15-16H,5-6H2,(H2,14,17). The Bertz CT molecular complexity index is 598. The minimum Gasteiger partial charge on any atom is -0.506 e. The number of primary amides is 1. The molecule has 0 atom stereocenters. The van der Waals surface area contributed by atoms with Gasteiger partial charge in [-0.3, -0.25) is 4.79 Å². The van der Waals surface area contributed by atoms with Crippen LogP contribution in [0.15, 0.2) is 35.2 Å². The van der Waals surface area contributed by atoms with Gasteiger partial charge in [0.15, 0.2) is 0 Å². The quantitative estimate of drug-likeness (QED) is 0.733. The highest BCUT2D eigenvalue weighted by molar-refractivity contribution is 7.99. The van der Waals surface area contributed by atoms with Gasteiger partial charge in [-0.25, -0.2) is 0 Å². The molecule has 0 aliphatic rings. The number of amides is 1. The second kappa shape index (κ2) is 5.29. The fourth-order valence-electron chi connectivity index (χ4n) is 1.79. The Hall–Kier alpha value is -1.72. The summed E-state index contributed by atoms with van der Waals surface area (Å²) in [6, 6.07) is 8.81. The second-order valence-corrected chi connectivity index (χ2v) is 4.89. The van der Waals surface area contributed by atoms with Crippen molar-refractivity contribution >= 4 is 28.4 Å². The maximum Gasteiger partial charge on any atom is 0.252 e. The van der Waals surface area contributed by atoms with Gasteiger partial charge in [0, 0.05) is 16.0 Å². The van der Waals surface area contributed by atoms with Crippen molar-refractivity contribution in [3.05, 3.63) is 35.9 Å². The predicted octanol–water partition coefficient (Wildman–Crippen LogP) is 1.73. The van der Waals surface area contributed by atoms with Gasteiger partial charge in [-0.2, -0.15) is 0 Å². The minimum absolute atomic E-state index is 0.0474. The molecular weight excluding hydrogens is 250 g/mol. The smallest absolute Gasteiger partial charge is 0.252 e. The molecule has 5 heteroatoms. The van der Waals surface area contributed by atoms with Crippen LogP contribution in [0.5, 0.6) is 5.75 Å². The third kappa shape index (κ3) is 2.27. The molecule has 0 aromatic heterocycles. The first-order valence-corrected chi connectivity index (χ1v) is 6.42. The number of thioether (sulfide) groups is 1. The van der Waals surface area contributed by atoms with Crippen molar-refractivity contribution < 1.29 is 15.0 Å².